The van der Waals surface area contributed by atoms with Gasteiger partial charge in [0, 0.05) is 5.56 Å². The van der Waals surface area contributed by atoms with E-state index in [1.807, 2.05) is 0 Å². The van der Waals surface area contributed by atoms with Crippen LogP contribution in [0.2, 0.25) is 0 Å². The summed E-state index contributed by atoms with van der Waals surface area (Å²) in [5, 5.41) is 0. The molecule has 0 aliphatic heterocycles. The first-order valence-corrected chi connectivity index (χ1v) is 5.89. The Hall–Kier alpha value is -2.09. The van der Waals surface area contributed by atoms with Crippen LogP contribution in [0, 0.1) is 0 Å². The molecule has 0 aliphatic rings. The first-order valence-electron chi connectivity index (χ1n) is 4.40. The molecule has 0 unspecified atom stereocenters. The van der Waals surface area contributed by atoms with E-state index in [2.05, 4.69) is 9.46 Å². The van der Waals surface area contributed by atoms with Gasteiger partial charge in [-0.15, -0.1) is 0 Å². The number of carbonyl (C=O) groups is 2. The number of nitrogens with one attached hydrogen (secondary N) is 2. The van der Waals surface area contributed by atoms with Gasteiger partial charge in [-0.3, -0.25) is 9.52 Å². The van der Waals surface area contributed by atoms with Crippen LogP contribution in [0.4, 0.5) is 10.5 Å². The molecule has 0 atom stereocenters. The maximum atomic E-state index is 11.4. The zero-order valence-corrected chi connectivity index (χ0v) is 9.65. The van der Waals surface area contributed by atoms with Crippen molar-refractivity contribution in [1.29, 1.82) is 0 Å². The second-order valence-corrected chi connectivity index (χ2v) is 4.36. The fraction of sp³-hybridized carbons (Fsp3) is 0.111. The van der Waals surface area contributed by atoms with E-state index in [1.165, 1.54) is 24.3 Å². The van der Waals surface area contributed by atoms with Gasteiger partial charge in [0.2, 0.25) is 0 Å². The summed E-state index contributed by atoms with van der Waals surface area (Å²) in [5.74, 6) is 0. The molecule has 1 rings (SSSR count). The second kappa shape index (κ2) is 5.30. The summed E-state index contributed by atoms with van der Waals surface area (Å²) in [4.78, 5) is 21.2. The average Bonchev–Trinajstić information content (AvgIpc) is 2.27. The summed E-state index contributed by atoms with van der Waals surface area (Å²) in [7, 11) is -3.02. The third-order valence-electron chi connectivity index (χ3n) is 1.68. The molecule has 0 heterocycles. The van der Waals surface area contributed by atoms with Gasteiger partial charge in [-0.05, 0) is 12.1 Å². The van der Waals surface area contributed by atoms with Gasteiger partial charge in [-0.2, -0.15) is 8.42 Å². The molecule has 1 aromatic carbocycles. The van der Waals surface area contributed by atoms with Gasteiger partial charge in [-0.1, -0.05) is 12.1 Å². The highest BCUT2D eigenvalue weighted by Crippen LogP contribution is 2.10. The predicted molar refractivity (Wildman–Crippen MR) is 59.9 cm³/mol. The van der Waals surface area contributed by atoms with E-state index in [1.54, 1.807) is 4.72 Å². The normalized spacial score (nSPS) is 10.4. The smallest absolute Gasteiger partial charge is 0.422 e. The number of rotatable bonds is 4. The Bertz CT molecular complexity index is 526. The number of amides is 1. The fourth-order valence-corrected chi connectivity index (χ4v) is 1.80. The van der Waals surface area contributed by atoms with Crippen LogP contribution < -0.4 is 9.44 Å². The molecule has 8 heteroatoms. The van der Waals surface area contributed by atoms with Gasteiger partial charge >= 0.3 is 16.3 Å². The van der Waals surface area contributed by atoms with Gasteiger partial charge in [-0.25, -0.2) is 9.52 Å². The van der Waals surface area contributed by atoms with E-state index in [4.69, 9.17) is 0 Å². The Kier molecular flexibility index (Phi) is 4.05. The molecule has 0 saturated heterocycles. The van der Waals surface area contributed by atoms with Gasteiger partial charge in [0.1, 0.15) is 6.29 Å². The second-order valence-electron chi connectivity index (χ2n) is 2.94. The number of hydrogen-bond acceptors (Lipinski definition) is 5. The van der Waals surface area contributed by atoms with Crippen molar-refractivity contribution in [2.24, 2.45) is 0 Å². The highest BCUT2D eigenvalue weighted by molar-refractivity contribution is 7.91. The number of benzene rings is 1. The van der Waals surface area contributed by atoms with E-state index >= 15 is 0 Å². The molecule has 0 radical (unpaired) electrons. The molecule has 0 saturated carbocycles. The Morgan fingerprint density at radius 3 is 2.71 bits per heavy atom. The number of ether oxygens (including phenoxy) is 1. The Labute approximate surface area is 98.0 Å². The Balaban J connectivity index is 2.82. The van der Waals surface area contributed by atoms with E-state index in [9.17, 15) is 18.0 Å². The number of hydrogen-bond donors (Lipinski definition) is 2. The summed E-state index contributed by atoms with van der Waals surface area (Å²) in [6.07, 6.45) is -0.532. The van der Waals surface area contributed by atoms with Crippen molar-refractivity contribution in [2.45, 2.75) is 0 Å². The summed E-state index contributed by atoms with van der Waals surface area (Å²) in [6.45, 7) is 0. The Morgan fingerprint density at radius 1 is 1.41 bits per heavy atom. The van der Waals surface area contributed by atoms with Crippen LogP contribution in [0.3, 0.4) is 0 Å². The van der Waals surface area contributed by atoms with Crippen molar-refractivity contribution in [1.82, 2.24) is 4.72 Å². The Morgan fingerprint density at radius 2 is 2.12 bits per heavy atom. The van der Waals surface area contributed by atoms with E-state index < -0.39 is 16.3 Å². The minimum atomic E-state index is -4.06. The van der Waals surface area contributed by atoms with E-state index in [-0.39, 0.29) is 5.69 Å². The number of carbonyl (C=O) groups excluding carboxylic acids is 2. The molecule has 0 aromatic heterocycles. The highest BCUT2D eigenvalue weighted by Gasteiger charge is 2.14. The molecule has 0 bridgehead atoms. The fourth-order valence-electron chi connectivity index (χ4n) is 1.01. The van der Waals surface area contributed by atoms with Crippen molar-refractivity contribution < 1.29 is 22.7 Å². The minimum Gasteiger partial charge on any atom is -0.452 e. The van der Waals surface area contributed by atoms with Gasteiger partial charge in [0.05, 0.1) is 12.8 Å². The molecule has 7 nitrogen and oxygen atoms in total. The minimum absolute atomic E-state index is 0.158. The van der Waals surface area contributed by atoms with Crippen molar-refractivity contribution in [2.75, 3.05) is 11.8 Å². The molecule has 0 spiro atoms. The lowest BCUT2D eigenvalue weighted by molar-refractivity contribution is 0.112. The van der Waals surface area contributed by atoms with Crippen LogP contribution >= 0.6 is 0 Å². The van der Waals surface area contributed by atoms with Crippen LogP contribution in [-0.4, -0.2) is 27.9 Å². The molecule has 2 N–H and O–H groups in total. The molecule has 17 heavy (non-hydrogen) atoms. The van der Waals surface area contributed by atoms with Gasteiger partial charge in [0.15, 0.2) is 0 Å². The summed E-state index contributed by atoms with van der Waals surface area (Å²) < 4.78 is 30.5. The quantitative estimate of drug-likeness (QED) is 0.766. The van der Waals surface area contributed by atoms with Crippen molar-refractivity contribution >= 4 is 28.3 Å². The van der Waals surface area contributed by atoms with Gasteiger partial charge in [0.25, 0.3) is 0 Å². The van der Waals surface area contributed by atoms with Crippen LogP contribution in [0.25, 0.3) is 0 Å². The zero-order valence-electron chi connectivity index (χ0n) is 8.84. The van der Waals surface area contributed by atoms with Crippen LogP contribution in [0.15, 0.2) is 24.3 Å². The first kappa shape index (κ1) is 13.0. The molecule has 0 fully saturated rings. The lowest BCUT2D eigenvalue weighted by atomic mass is 10.2. The molecule has 92 valence electrons. The van der Waals surface area contributed by atoms with Crippen LogP contribution in [0.5, 0.6) is 0 Å². The molecule has 1 amide bonds. The standard InChI is InChI=1S/C9H10N2O5S/c1-16-9(13)11-17(14,15)10-8-4-2-3-7(5-8)6-12/h2-6,10H,1H3,(H,11,13). The maximum Gasteiger partial charge on any atom is 0.422 e. The van der Waals surface area contributed by atoms with Crippen LogP contribution in [0.1, 0.15) is 10.4 Å². The number of methoxy groups -OCH3 is 1. The molecule has 1 aromatic rings. The maximum absolute atomic E-state index is 11.4. The summed E-state index contributed by atoms with van der Waals surface area (Å²) in [5.41, 5.74) is 0.467. The van der Waals surface area contributed by atoms with Crippen molar-refractivity contribution in [3.05, 3.63) is 29.8 Å². The largest absolute Gasteiger partial charge is 0.452 e. The SMILES string of the molecule is COC(=O)NS(=O)(=O)Nc1cccc(C=O)c1. The van der Waals surface area contributed by atoms with Crippen LogP contribution in [-0.2, 0) is 14.9 Å². The van der Waals surface area contributed by atoms with Crippen molar-refractivity contribution in [3.8, 4) is 0 Å². The lowest BCUT2D eigenvalue weighted by Gasteiger charge is -2.08. The lowest BCUT2D eigenvalue weighted by Crippen LogP contribution is -2.35. The van der Waals surface area contributed by atoms with Gasteiger partial charge < -0.3 is 4.74 Å². The number of aldehydes is 1. The first-order chi connectivity index (χ1) is 7.96. The molecular weight excluding hydrogens is 248 g/mol. The highest BCUT2D eigenvalue weighted by atomic mass is 32.2. The topological polar surface area (TPSA) is 102 Å². The van der Waals surface area contributed by atoms with Crippen molar-refractivity contribution in [3.63, 3.8) is 0 Å². The number of anilines is 1. The van der Waals surface area contributed by atoms with E-state index in [0.717, 1.165) is 7.11 Å². The molecular formula is C9H10N2O5S. The third-order valence-corrected chi connectivity index (χ3v) is 2.62. The van der Waals surface area contributed by atoms with E-state index in [0.29, 0.717) is 11.8 Å². The summed E-state index contributed by atoms with van der Waals surface area (Å²) in [6, 6.07) is 5.77. The predicted octanol–water partition coefficient (Wildman–Crippen LogP) is 0.512. The summed E-state index contributed by atoms with van der Waals surface area (Å²) >= 11 is 0. The molecule has 0 aliphatic carbocycles. The average molecular weight is 258 g/mol. The monoisotopic (exact) mass is 258 g/mol. The zero-order chi connectivity index (χ0) is 12.9. The third kappa shape index (κ3) is 4.11.